The summed E-state index contributed by atoms with van der Waals surface area (Å²) in [6.07, 6.45) is 4.18. The lowest BCUT2D eigenvalue weighted by atomic mass is 10.2. The summed E-state index contributed by atoms with van der Waals surface area (Å²) in [5.74, 6) is 5.79. The first-order valence-electron chi connectivity index (χ1n) is 5.73. The smallest absolute Gasteiger partial charge is 0.233 e. The summed E-state index contributed by atoms with van der Waals surface area (Å²) >= 11 is 1.64. The van der Waals surface area contributed by atoms with Crippen molar-refractivity contribution in [2.75, 3.05) is 5.75 Å². The third-order valence-corrected chi connectivity index (χ3v) is 3.50. The quantitative estimate of drug-likeness (QED) is 0.267. The number of nitrogens with one attached hydrogen (secondary N) is 1. The monoisotopic (exact) mass is 265 g/mol. The van der Waals surface area contributed by atoms with E-state index >= 15 is 0 Å². The van der Waals surface area contributed by atoms with E-state index in [9.17, 15) is 4.79 Å². The molecule has 0 bridgehead atoms. The number of pyridine rings is 1. The van der Waals surface area contributed by atoms with Gasteiger partial charge >= 0.3 is 0 Å². The fraction of sp³-hybridized carbons (Fsp3) is 0.364. The fourth-order valence-electron chi connectivity index (χ4n) is 1.54. The lowest BCUT2D eigenvalue weighted by Gasteiger charge is -2.00. The second-order valence-corrected chi connectivity index (χ2v) is 4.85. The first-order valence-corrected chi connectivity index (χ1v) is 6.72. The van der Waals surface area contributed by atoms with E-state index in [0.29, 0.717) is 6.42 Å². The van der Waals surface area contributed by atoms with E-state index in [-0.39, 0.29) is 5.91 Å². The van der Waals surface area contributed by atoms with Crippen molar-refractivity contribution in [1.82, 2.24) is 20.0 Å². The molecule has 3 N–H and O–H groups in total. The van der Waals surface area contributed by atoms with E-state index in [1.165, 1.54) is 0 Å². The first-order chi connectivity index (χ1) is 8.81. The van der Waals surface area contributed by atoms with Crippen LogP contribution in [0.2, 0.25) is 0 Å². The number of nitrogens with two attached hydrogens (primary N) is 1. The van der Waals surface area contributed by atoms with Crippen LogP contribution in [0.25, 0.3) is 5.65 Å². The van der Waals surface area contributed by atoms with Crippen LogP contribution in [0.4, 0.5) is 0 Å². The molecule has 0 aliphatic heterocycles. The van der Waals surface area contributed by atoms with Crippen LogP contribution in [0.3, 0.4) is 0 Å². The van der Waals surface area contributed by atoms with Gasteiger partial charge in [0.25, 0.3) is 0 Å². The van der Waals surface area contributed by atoms with Gasteiger partial charge in [-0.1, -0.05) is 17.8 Å². The second-order valence-electron chi connectivity index (χ2n) is 3.78. The summed E-state index contributed by atoms with van der Waals surface area (Å²) in [6, 6.07) is 5.80. The Balaban J connectivity index is 1.78. The van der Waals surface area contributed by atoms with E-state index in [1.54, 1.807) is 11.8 Å². The zero-order valence-corrected chi connectivity index (χ0v) is 10.7. The van der Waals surface area contributed by atoms with Crippen molar-refractivity contribution < 1.29 is 4.79 Å². The molecule has 0 unspecified atom stereocenters. The maximum Gasteiger partial charge on any atom is 0.233 e. The van der Waals surface area contributed by atoms with Gasteiger partial charge in [-0.2, -0.15) is 0 Å². The predicted octanol–water partition coefficient (Wildman–Crippen LogP) is 0.982. The molecule has 0 saturated heterocycles. The van der Waals surface area contributed by atoms with E-state index in [4.69, 9.17) is 5.84 Å². The Kier molecular flexibility index (Phi) is 4.54. The van der Waals surface area contributed by atoms with Crippen molar-refractivity contribution in [3.63, 3.8) is 0 Å². The Morgan fingerprint density at radius 3 is 3.11 bits per heavy atom. The molecule has 18 heavy (non-hydrogen) atoms. The summed E-state index contributed by atoms with van der Waals surface area (Å²) in [7, 11) is 0. The number of thioether (sulfide) groups is 1. The zero-order valence-electron chi connectivity index (χ0n) is 9.87. The number of hydrogen-bond acceptors (Lipinski definition) is 5. The Bertz CT molecular complexity index is 527. The molecule has 2 heterocycles. The Morgan fingerprint density at radius 1 is 1.39 bits per heavy atom. The maximum absolute atomic E-state index is 10.9. The molecular weight excluding hydrogens is 250 g/mol. The second kappa shape index (κ2) is 6.36. The van der Waals surface area contributed by atoms with Gasteiger partial charge in [-0.25, -0.2) is 5.84 Å². The minimum atomic E-state index is -0.118. The van der Waals surface area contributed by atoms with Crippen molar-refractivity contribution >= 4 is 23.3 Å². The molecule has 2 rings (SSSR count). The van der Waals surface area contributed by atoms with E-state index in [2.05, 4.69) is 15.6 Å². The first kappa shape index (κ1) is 12.8. The summed E-state index contributed by atoms with van der Waals surface area (Å²) in [6.45, 7) is 0. The topological polar surface area (TPSA) is 85.3 Å². The Morgan fingerprint density at radius 2 is 2.28 bits per heavy atom. The average molecular weight is 265 g/mol. The van der Waals surface area contributed by atoms with Crippen molar-refractivity contribution in [2.45, 2.75) is 24.4 Å². The van der Waals surface area contributed by atoms with Gasteiger partial charge in [-0.15, -0.1) is 10.2 Å². The number of hydrogen-bond donors (Lipinski definition) is 2. The molecular formula is C11H15N5OS. The van der Waals surface area contributed by atoms with Crippen molar-refractivity contribution in [3.05, 3.63) is 24.4 Å². The summed E-state index contributed by atoms with van der Waals surface area (Å²) < 4.78 is 1.96. The number of carbonyl (C=O) groups excluding carboxylic acids is 1. The summed E-state index contributed by atoms with van der Waals surface area (Å²) in [4.78, 5) is 10.9. The predicted molar refractivity (Wildman–Crippen MR) is 69.9 cm³/mol. The van der Waals surface area contributed by atoms with Crippen LogP contribution >= 0.6 is 11.8 Å². The molecule has 0 fully saturated rings. The molecule has 0 aromatic carbocycles. The van der Waals surface area contributed by atoms with Gasteiger partial charge in [-0.3, -0.25) is 14.6 Å². The highest BCUT2D eigenvalue weighted by molar-refractivity contribution is 7.99. The molecule has 2 aromatic heterocycles. The normalized spacial score (nSPS) is 10.7. The Hall–Kier alpha value is -1.60. The van der Waals surface area contributed by atoms with Crippen molar-refractivity contribution in [3.8, 4) is 0 Å². The molecule has 0 aliphatic carbocycles. The van der Waals surface area contributed by atoms with Crippen LogP contribution in [0.5, 0.6) is 0 Å². The minimum Gasteiger partial charge on any atom is -0.294 e. The van der Waals surface area contributed by atoms with Crippen molar-refractivity contribution in [1.29, 1.82) is 0 Å². The van der Waals surface area contributed by atoms with Crippen LogP contribution in [-0.2, 0) is 4.79 Å². The fourth-order valence-corrected chi connectivity index (χ4v) is 2.46. The largest absolute Gasteiger partial charge is 0.294 e. The van der Waals surface area contributed by atoms with E-state index in [1.807, 2.05) is 28.8 Å². The molecule has 6 nitrogen and oxygen atoms in total. The van der Waals surface area contributed by atoms with Gasteiger partial charge < -0.3 is 0 Å². The third kappa shape index (κ3) is 3.21. The van der Waals surface area contributed by atoms with Crippen molar-refractivity contribution in [2.24, 2.45) is 5.84 Å². The Labute approximate surface area is 109 Å². The lowest BCUT2D eigenvalue weighted by Crippen LogP contribution is -2.29. The highest BCUT2D eigenvalue weighted by atomic mass is 32.2. The molecule has 96 valence electrons. The van der Waals surface area contributed by atoms with Gasteiger partial charge in [0.15, 0.2) is 10.8 Å². The minimum absolute atomic E-state index is 0.118. The zero-order chi connectivity index (χ0) is 12.8. The number of fused-ring (bicyclic) bond motifs is 1. The lowest BCUT2D eigenvalue weighted by molar-refractivity contribution is -0.121. The van der Waals surface area contributed by atoms with Gasteiger partial charge in [0, 0.05) is 18.4 Å². The molecule has 0 saturated carbocycles. The molecule has 1 amide bonds. The molecule has 0 radical (unpaired) electrons. The highest BCUT2D eigenvalue weighted by Crippen LogP contribution is 2.18. The number of carbonyl (C=O) groups is 1. The number of rotatable bonds is 6. The summed E-state index contributed by atoms with van der Waals surface area (Å²) in [5, 5.41) is 9.07. The molecule has 0 aliphatic rings. The van der Waals surface area contributed by atoms with Gasteiger partial charge in [-0.05, 0) is 25.0 Å². The molecule has 7 heteroatoms. The molecule has 0 atom stereocenters. The van der Waals surface area contributed by atoms with Crippen LogP contribution in [0.1, 0.15) is 19.3 Å². The summed E-state index contributed by atoms with van der Waals surface area (Å²) in [5.41, 5.74) is 2.97. The maximum atomic E-state index is 10.9. The highest BCUT2D eigenvalue weighted by Gasteiger charge is 2.04. The van der Waals surface area contributed by atoms with E-state index < -0.39 is 0 Å². The number of aromatic nitrogens is 3. The number of hydrazine groups is 1. The number of nitrogens with zero attached hydrogens (tertiary/aromatic N) is 3. The van der Waals surface area contributed by atoms with Gasteiger partial charge in [0.1, 0.15) is 0 Å². The van der Waals surface area contributed by atoms with Gasteiger partial charge in [0.05, 0.1) is 0 Å². The molecule has 0 spiro atoms. The number of unbranched alkanes of at least 4 members (excludes halogenated alkanes) is 1. The standard InChI is InChI=1S/C11H15N5OS/c12-13-10(17)6-2-4-8-18-11-15-14-9-5-1-3-7-16(9)11/h1,3,5,7H,2,4,6,8,12H2,(H,13,17). The van der Waals surface area contributed by atoms with Crippen LogP contribution < -0.4 is 11.3 Å². The molecule has 2 aromatic rings. The SMILES string of the molecule is NNC(=O)CCCCSc1nnc2ccccn12. The van der Waals surface area contributed by atoms with Crippen LogP contribution in [-0.4, -0.2) is 26.3 Å². The average Bonchev–Trinajstić information content (AvgIpc) is 2.81. The van der Waals surface area contributed by atoms with Crippen LogP contribution in [0.15, 0.2) is 29.6 Å². The third-order valence-electron chi connectivity index (χ3n) is 2.47. The van der Waals surface area contributed by atoms with E-state index in [0.717, 1.165) is 29.4 Å². The van der Waals surface area contributed by atoms with Gasteiger partial charge in [0.2, 0.25) is 5.91 Å². The van der Waals surface area contributed by atoms with Crippen LogP contribution in [0, 0.1) is 0 Å². The number of amides is 1.